The maximum absolute atomic E-state index is 4.74. The average molecular weight is 393 g/mol. The Morgan fingerprint density at radius 1 is 0.828 bits per heavy atom. The van der Waals surface area contributed by atoms with E-state index in [9.17, 15) is 0 Å². The molecule has 0 aliphatic carbocycles. The van der Waals surface area contributed by atoms with Gasteiger partial charge in [0.1, 0.15) is 0 Å². The van der Waals surface area contributed by atoms with Crippen LogP contribution in [0.2, 0.25) is 0 Å². The van der Waals surface area contributed by atoms with Crippen LogP contribution in [0.5, 0.6) is 0 Å². The lowest BCUT2D eigenvalue weighted by molar-refractivity contribution is 0.953. The third-order valence-corrected chi connectivity index (χ3v) is 5.84. The minimum Gasteiger partial charge on any atom is -0.320 e. The van der Waals surface area contributed by atoms with E-state index in [1.54, 1.807) is 11.3 Å². The van der Waals surface area contributed by atoms with Crippen LogP contribution < -0.4 is 4.90 Å². The number of aromatic nitrogens is 1. The molecule has 5 rings (SSSR count). The van der Waals surface area contributed by atoms with Gasteiger partial charge in [0, 0.05) is 23.8 Å². The first-order valence-electron chi connectivity index (χ1n) is 9.66. The minimum absolute atomic E-state index is 0.0682. The summed E-state index contributed by atoms with van der Waals surface area (Å²) in [6, 6.07) is 29.5. The maximum Gasteiger partial charge on any atom is 0.0689 e. The predicted octanol–water partition coefficient (Wildman–Crippen LogP) is 6.83. The first-order chi connectivity index (χ1) is 14.4. The molecule has 1 atom stereocenters. The lowest BCUT2D eigenvalue weighted by Gasteiger charge is -2.23. The van der Waals surface area contributed by atoms with E-state index in [0.29, 0.717) is 0 Å². The normalized spacial score (nSPS) is 17.5. The highest BCUT2D eigenvalue weighted by molar-refractivity contribution is 7.08. The van der Waals surface area contributed by atoms with Crippen LogP contribution in [0.25, 0.3) is 11.6 Å². The van der Waals surface area contributed by atoms with Gasteiger partial charge in [-0.2, -0.15) is 11.3 Å². The fourth-order valence-electron chi connectivity index (χ4n) is 3.81. The SMILES string of the molecule is C1=C(c2ccccc2)C(c2ccccn2)C(=Cc2ccsc2)N1c1ccccc1. The van der Waals surface area contributed by atoms with Gasteiger partial charge in [0.25, 0.3) is 0 Å². The molecule has 1 aliphatic rings. The van der Waals surface area contributed by atoms with Gasteiger partial charge >= 0.3 is 0 Å². The first kappa shape index (κ1) is 17.7. The van der Waals surface area contributed by atoms with Crippen molar-refractivity contribution >= 4 is 28.7 Å². The fourth-order valence-corrected chi connectivity index (χ4v) is 4.43. The predicted molar refractivity (Wildman–Crippen MR) is 123 cm³/mol. The number of hydrogen-bond donors (Lipinski definition) is 0. The third kappa shape index (κ3) is 3.53. The number of allylic oxidation sites excluding steroid dienone is 1. The van der Waals surface area contributed by atoms with E-state index in [4.69, 9.17) is 4.98 Å². The number of rotatable bonds is 4. The van der Waals surface area contributed by atoms with Crippen LogP contribution in [0, 0.1) is 0 Å². The molecule has 1 unspecified atom stereocenters. The number of pyridine rings is 1. The van der Waals surface area contributed by atoms with Gasteiger partial charge in [0.15, 0.2) is 0 Å². The zero-order valence-electron chi connectivity index (χ0n) is 15.8. The Morgan fingerprint density at radius 2 is 1.59 bits per heavy atom. The van der Waals surface area contributed by atoms with Crippen molar-refractivity contribution < 1.29 is 0 Å². The molecular weight excluding hydrogens is 372 g/mol. The lowest BCUT2D eigenvalue weighted by atomic mass is 9.89. The zero-order valence-corrected chi connectivity index (χ0v) is 16.7. The van der Waals surface area contributed by atoms with E-state index in [0.717, 1.165) is 11.4 Å². The molecule has 1 aliphatic heterocycles. The molecule has 0 saturated carbocycles. The van der Waals surface area contributed by atoms with Gasteiger partial charge in [-0.1, -0.05) is 54.6 Å². The van der Waals surface area contributed by atoms with E-state index in [-0.39, 0.29) is 5.92 Å². The second-order valence-electron chi connectivity index (χ2n) is 6.97. The molecule has 2 aromatic carbocycles. The third-order valence-electron chi connectivity index (χ3n) is 5.14. The van der Waals surface area contributed by atoms with Gasteiger partial charge in [0.05, 0.1) is 11.6 Å². The van der Waals surface area contributed by atoms with Gasteiger partial charge in [-0.05, 0) is 63.9 Å². The molecule has 4 aromatic rings. The molecule has 0 saturated heterocycles. The van der Waals surface area contributed by atoms with Crippen molar-refractivity contribution in [2.75, 3.05) is 4.90 Å². The second-order valence-corrected chi connectivity index (χ2v) is 7.75. The standard InChI is InChI=1S/C26H20N2S/c1-3-9-21(10-4-1)23-18-28(22-11-5-2-6-12-22)25(17-20-14-16-29-19-20)26(23)24-13-7-8-15-27-24/h1-19,26H. The van der Waals surface area contributed by atoms with E-state index < -0.39 is 0 Å². The minimum atomic E-state index is 0.0682. The summed E-state index contributed by atoms with van der Waals surface area (Å²) in [4.78, 5) is 7.04. The number of anilines is 1. The number of para-hydroxylation sites is 1. The Balaban J connectivity index is 1.72. The van der Waals surface area contributed by atoms with Gasteiger partial charge < -0.3 is 4.90 Å². The summed E-state index contributed by atoms with van der Waals surface area (Å²) in [7, 11) is 0. The molecule has 0 N–H and O–H groups in total. The van der Waals surface area contributed by atoms with Crippen LogP contribution in [0.1, 0.15) is 22.7 Å². The Labute approximate surface area is 175 Å². The highest BCUT2D eigenvalue weighted by Gasteiger charge is 2.33. The summed E-state index contributed by atoms with van der Waals surface area (Å²) < 4.78 is 0. The van der Waals surface area contributed by atoms with Crippen LogP contribution in [-0.2, 0) is 0 Å². The Kier molecular flexibility index (Phi) is 4.81. The van der Waals surface area contributed by atoms with Crippen LogP contribution >= 0.6 is 11.3 Å². The monoisotopic (exact) mass is 392 g/mol. The quantitative estimate of drug-likeness (QED) is 0.378. The summed E-state index contributed by atoms with van der Waals surface area (Å²) in [5, 5.41) is 4.31. The summed E-state index contributed by atoms with van der Waals surface area (Å²) in [5.74, 6) is 0.0682. The Morgan fingerprint density at radius 3 is 2.28 bits per heavy atom. The van der Waals surface area contributed by atoms with Crippen molar-refractivity contribution in [3.05, 3.63) is 131 Å². The summed E-state index contributed by atoms with van der Waals surface area (Å²) in [6.45, 7) is 0. The van der Waals surface area contributed by atoms with E-state index in [2.05, 4.69) is 107 Å². The number of thiophene rings is 1. The number of hydrogen-bond acceptors (Lipinski definition) is 3. The van der Waals surface area contributed by atoms with Gasteiger partial charge in [-0.15, -0.1) is 0 Å². The molecule has 29 heavy (non-hydrogen) atoms. The number of benzene rings is 2. The molecule has 0 fully saturated rings. The van der Waals surface area contributed by atoms with Crippen LogP contribution in [-0.4, -0.2) is 4.98 Å². The highest BCUT2D eigenvalue weighted by Crippen LogP contribution is 2.46. The van der Waals surface area contributed by atoms with Crippen molar-refractivity contribution in [1.29, 1.82) is 0 Å². The van der Waals surface area contributed by atoms with Crippen molar-refractivity contribution in [3.8, 4) is 0 Å². The molecular formula is C26H20N2S. The molecule has 0 radical (unpaired) electrons. The van der Waals surface area contributed by atoms with Crippen molar-refractivity contribution in [2.24, 2.45) is 0 Å². The van der Waals surface area contributed by atoms with E-state index in [1.807, 2.05) is 12.3 Å². The molecule has 0 amide bonds. The summed E-state index contributed by atoms with van der Waals surface area (Å²) in [5.41, 5.74) is 7.12. The maximum atomic E-state index is 4.74. The molecule has 3 heterocycles. The largest absolute Gasteiger partial charge is 0.320 e. The average Bonchev–Trinajstić information content (AvgIpc) is 3.44. The molecule has 2 aromatic heterocycles. The summed E-state index contributed by atoms with van der Waals surface area (Å²) in [6.07, 6.45) is 6.43. The topological polar surface area (TPSA) is 16.1 Å². The smallest absolute Gasteiger partial charge is 0.0689 e. The van der Waals surface area contributed by atoms with Crippen molar-refractivity contribution in [3.63, 3.8) is 0 Å². The van der Waals surface area contributed by atoms with Crippen molar-refractivity contribution in [2.45, 2.75) is 5.92 Å². The van der Waals surface area contributed by atoms with Crippen LogP contribution in [0.3, 0.4) is 0 Å². The molecule has 2 nitrogen and oxygen atoms in total. The van der Waals surface area contributed by atoms with E-state index >= 15 is 0 Å². The van der Waals surface area contributed by atoms with Crippen molar-refractivity contribution in [1.82, 2.24) is 4.98 Å². The summed E-state index contributed by atoms with van der Waals surface area (Å²) >= 11 is 1.72. The number of nitrogens with zero attached hydrogens (tertiary/aromatic N) is 2. The Bertz CT molecular complexity index is 1130. The lowest BCUT2D eigenvalue weighted by Crippen LogP contribution is -2.15. The van der Waals surface area contributed by atoms with Crippen LogP contribution in [0.4, 0.5) is 5.69 Å². The molecule has 0 spiro atoms. The first-order valence-corrected chi connectivity index (χ1v) is 10.6. The molecule has 3 heteroatoms. The fraction of sp³-hybridized carbons (Fsp3) is 0.0385. The van der Waals surface area contributed by atoms with E-state index in [1.165, 1.54) is 22.4 Å². The van der Waals surface area contributed by atoms with Gasteiger partial charge in [-0.25, -0.2) is 0 Å². The molecule has 0 bridgehead atoms. The van der Waals surface area contributed by atoms with Crippen LogP contribution in [0.15, 0.2) is 114 Å². The Hall–Kier alpha value is -3.43. The van der Waals surface area contributed by atoms with Gasteiger partial charge in [0.2, 0.25) is 0 Å². The van der Waals surface area contributed by atoms with Gasteiger partial charge in [-0.3, -0.25) is 4.98 Å². The highest BCUT2D eigenvalue weighted by atomic mass is 32.1. The zero-order chi connectivity index (χ0) is 19.5. The molecule has 140 valence electrons. The second kappa shape index (κ2) is 7.90.